The third kappa shape index (κ3) is 5.33. The second-order valence-electron chi connectivity index (χ2n) is 4.60. The van der Waals surface area contributed by atoms with Gasteiger partial charge in [-0.1, -0.05) is 31.2 Å². The molecule has 0 aromatic heterocycles. The van der Waals surface area contributed by atoms with Crippen LogP contribution in [0.4, 0.5) is 0 Å². The summed E-state index contributed by atoms with van der Waals surface area (Å²) in [7, 11) is 1.75. The van der Waals surface area contributed by atoms with E-state index in [1.807, 2.05) is 0 Å². The van der Waals surface area contributed by atoms with Crippen molar-refractivity contribution in [2.24, 2.45) is 0 Å². The smallest absolute Gasteiger partial charge is 0.0715 e. The van der Waals surface area contributed by atoms with Gasteiger partial charge in [-0.2, -0.15) is 0 Å². The molecular weight excluding hydrogens is 210 g/mol. The Bertz CT molecular complexity index is 312. The second-order valence-corrected chi connectivity index (χ2v) is 4.60. The Morgan fingerprint density at radius 2 is 1.94 bits per heavy atom. The van der Waals surface area contributed by atoms with Crippen molar-refractivity contribution in [2.45, 2.75) is 45.8 Å². The summed E-state index contributed by atoms with van der Waals surface area (Å²) in [5, 5.41) is 3.52. The molecular formula is C15H25NO. The van der Waals surface area contributed by atoms with E-state index >= 15 is 0 Å². The lowest BCUT2D eigenvalue weighted by atomic mass is 10.0. The van der Waals surface area contributed by atoms with Crippen LogP contribution in [0.25, 0.3) is 0 Å². The molecule has 96 valence electrons. The summed E-state index contributed by atoms with van der Waals surface area (Å²) >= 11 is 0. The molecule has 0 radical (unpaired) electrons. The first-order chi connectivity index (χ1) is 8.27. The zero-order chi connectivity index (χ0) is 12.5. The van der Waals surface area contributed by atoms with Crippen LogP contribution in [0.15, 0.2) is 24.3 Å². The molecule has 1 atom stereocenters. The third-order valence-electron chi connectivity index (χ3n) is 3.01. The van der Waals surface area contributed by atoms with Crippen LogP contribution in [0.1, 0.15) is 37.8 Å². The first kappa shape index (κ1) is 14.2. The van der Waals surface area contributed by atoms with Crippen molar-refractivity contribution >= 4 is 0 Å². The van der Waals surface area contributed by atoms with E-state index in [0.29, 0.717) is 12.6 Å². The predicted molar refractivity (Wildman–Crippen MR) is 73.2 cm³/mol. The van der Waals surface area contributed by atoms with Gasteiger partial charge >= 0.3 is 0 Å². The molecule has 0 spiro atoms. The summed E-state index contributed by atoms with van der Waals surface area (Å²) in [5.74, 6) is 0. The lowest BCUT2D eigenvalue weighted by Gasteiger charge is -2.14. The minimum absolute atomic E-state index is 0.588. The van der Waals surface area contributed by atoms with E-state index < -0.39 is 0 Å². The van der Waals surface area contributed by atoms with Gasteiger partial charge in [0, 0.05) is 13.2 Å². The molecule has 1 unspecified atom stereocenters. The van der Waals surface area contributed by atoms with Crippen molar-refractivity contribution in [1.29, 1.82) is 0 Å². The average Bonchev–Trinajstić information content (AvgIpc) is 2.35. The number of nitrogens with one attached hydrogen (secondary N) is 1. The van der Waals surface area contributed by atoms with Crippen molar-refractivity contribution in [2.75, 3.05) is 13.7 Å². The molecule has 2 heteroatoms. The van der Waals surface area contributed by atoms with Gasteiger partial charge in [-0.25, -0.2) is 0 Å². The molecule has 1 N–H and O–H groups in total. The Morgan fingerprint density at radius 1 is 1.24 bits per heavy atom. The van der Waals surface area contributed by atoms with Crippen molar-refractivity contribution < 1.29 is 4.74 Å². The maximum absolute atomic E-state index is 5.22. The molecule has 0 aliphatic rings. The van der Waals surface area contributed by atoms with Crippen LogP contribution in [0.5, 0.6) is 0 Å². The van der Waals surface area contributed by atoms with Crippen LogP contribution >= 0.6 is 0 Å². The van der Waals surface area contributed by atoms with Crippen molar-refractivity contribution in [3.63, 3.8) is 0 Å². The molecule has 1 aromatic carbocycles. The quantitative estimate of drug-likeness (QED) is 0.747. The van der Waals surface area contributed by atoms with Crippen LogP contribution in [-0.2, 0) is 17.8 Å². The van der Waals surface area contributed by atoms with E-state index in [9.17, 15) is 0 Å². The van der Waals surface area contributed by atoms with E-state index in [1.54, 1.807) is 7.11 Å². The summed E-state index contributed by atoms with van der Waals surface area (Å²) < 4.78 is 5.22. The second kappa shape index (κ2) is 8.26. The summed E-state index contributed by atoms with van der Waals surface area (Å²) in [6, 6.07) is 9.14. The number of methoxy groups -OCH3 is 1. The molecule has 0 heterocycles. The van der Waals surface area contributed by atoms with Gasteiger partial charge in [-0.3, -0.25) is 0 Å². The number of benzene rings is 1. The van der Waals surface area contributed by atoms with E-state index in [1.165, 1.54) is 24.0 Å². The largest absolute Gasteiger partial charge is 0.380 e. The summed E-state index contributed by atoms with van der Waals surface area (Å²) in [6.07, 6.45) is 3.50. The fraction of sp³-hybridized carbons (Fsp3) is 0.600. The van der Waals surface area contributed by atoms with E-state index in [2.05, 4.69) is 43.4 Å². The molecule has 2 nitrogen and oxygen atoms in total. The van der Waals surface area contributed by atoms with Gasteiger partial charge in [-0.15, -0.1) is 0 Å². The highest BCUT2D eigenvalue weighted by molar-refractivity contribution is 5.26. The summed E-state index contributed by atoms with van der Waals surface area (Å²) in [5.41, 5.74) is 2.73. The van der Waals surface area contributed by atoms with Crippen LogP contribution in [0.2, 0.25) is 0 Å². The minimum Gasteiger partial charge on any atom is -0.380 e. The SMILES string of the molecule is CCCNC(C)CCc1ccccc1COC. The van der Waals surface area contributed by atoms with E-state index in [-0.39, 0.29) is 0 Å². The summed E-state index contributed by atoms with van der Waals surface area (Å²) in [6.45, 7) is 6.29. The highest BCUT2D eigenvalue weighted by atomic mass is 16.5. The van der Waals surface area contributed by atoms with E-state index in [0.717, 1.165) is 13.0 Å². The molecule has 0 bridgehead atoms. The van der Waals surface area contributed by atoms with E-state index in [4.69, 9.17) is 4.74 Å². The van der Waals surface area contributed by atoms with Gasteiger partial charge < -0.3 is 10.1 Å². The minimum atomic E-state index is 0.588. The standard InChI is InChI=1S/C15H25NO/c1-4-11-16-13(2)9-10-14-7-5-6-8-15(14)12-17-3/h5-8,13,16H,4,9-12H2,1-3H3. The van der Waals surface area contributed by atoms with Crippen molar-refractivity contribution in [3.05, 3.63) is 35.4 Å². The first-order valence-electron chi connectivity index (χ1n) is 6.57. The topological polar surface area (TPSA) is 21.3 Å². The van der Waals surface area contributed by atoms with Crippen LogP contribution < -0.4 is 5.32 Å². The Hall–Kier alpha value is -0.860. The first-order valence-corrected chi connectivity index (χ1v) is 6.57. The number of rotatable bonds is 8. The van der Waals surface area contributed by atoms with Crippen molar-refractivity contribution in [1.82, 2.24) is 5.32 Å². The highest BCUT2D eigenvalue weighted by Gasteiger charge is 2.04. The Balaban J connectivity index is 2.44. The molecule has 0 saturated carbocycles. The van der Waals surface area contributed by atoms with Gasteiger partial charge in [0.05, 0.1) is 6.61 Å². The summed E-state index contributed by atoms with van der Waals surface area (Å²) in [4.78, 5) is 0. The molecule has 1 rings (SSSR count). The fourth-order valence-corrected chi connectivity index (χ4v) is 1.96. The lowest BCUT2D eigenvalue weighted by molar-refractivity contribution is 0.184. The van der Waals surface area contributed by atoms with Gasteiger partial charge in [0.15, 0.2) is 0 Å². The predicted octanol–water partition coefficient (Wildman–Crippen LogP) is 3.15. The molecule has 0 saturated heterocycles. The average molecular weight is 235 g/mol. The van der Waals surface area contributed by atoms with Gasteiger partial charge in [0.2, 0.25) is 0 Å². The zero-order valence-electron chi connectivity index (χ0n) is 11.3. The molecule has 1 aromatic rings. The van der Waals surface area contributed by atoms with Gasteiger partial charge in [0.25, 0.3) is 0 Å². The molecule has 0 fully saturated rings. The monoisotopic (exact) mass is 235 g/mol. The van der Waals surface area contributed by atoms with Crippen LogP contribution in [-0.4, -0.2) is 19.7 Å². The maximum Gasteiger partial charge on any atom is 0.0715 e. The van der Waals surface area contributed by atoms with Gasteiger partial charge in [0.1, 0.15) is 0 Å². The highest BCUT2D eigenvalue weighted by Crippen LogP contribution is 2.13. The lowest BCUT2D eigenvalue weighted by Crippen LogP contribution is -2.27. The Kier molecular flexibility index (Phi) is 6.90. The Labute approximate surface area is 105 Å². The fourth-order valence-electron chi connectivity index (χ4n) is 1.96. The number of hydrogen-bond donors (Lipinski definition) is 1. The molecule has 0 aliphatic heterocycles. The molecule has 0 aliphatic carbocycles. The number of aryl methyl sites for hydroxylation is 1. The number of ether oxygens (including phenoxy) is 1. The maximum atomic E-state index is 5.22. The normalized spacial score (nSPS) is 12.6. The van der Waals surface area contributed by atoms with Crippen LogP contribution in [0.3, 0.4) is 0 Å². The number of hydrogen-bond acceptors (Lipinski definition) is 2. The Morgan fingerprint density at radius 3 is 2.59 bits per heavy atom. The van der Waals surface area contributed by atoms with Gasteiger partial charge in [-0.05, 0) is 43.9 Å². The molecule has 17 heavy (non-hydrogen) atoms. The third-order valence-corrected chi connectivity index (χ3v) is 3.01. The zero-order valence-corrected chi connectivity index (χ0v) is 11.3. The molecule has 0 amide bonds. The van der Waals surface area contributed by atoms with Crippen LogP contribution in [0, 0.1) is 0 Å². The van der Waals surface area contributed by atoms with Crippen molar-refractivity contribution in [3.8, 4) is 0 Å².